The molecule has 4 aromatic rings. The molecule has 2 aliphatic heterocycles. The Morgan fingerprint density at radius 1 is 1.02 bits per heavy atom. The zero-order valence-corrected chi connectivity index (χ0v) is 25.7. The maximum atomic E-state index is 12.5. The second-order valence-corrected chi connectivity index (χ2v) is 13.5. The van der Waals surface area contributed by atoms with E-state index in [1.807, 2.05) is 32.9 Å². The van der Waals surface area contributed by atoms with Crippen molar-refractivity contribution >= 4 is 49.9 Å². The summed E-state index contributed by atoms with van der Waals surface area (Å²) >= 11 is 1.63. The van der Waals surface area contributed by atoms with Crippen molar-refractivity contribution in [1.29, 1.82) is 0 Å². The highest BCUT2D eigenvalue weighted by Gasteiger charge is 2.27. The van der Waals surface area contributed by atoms with Crippen LogP contribution in [-0.4, -0.2) is 75.9 Å². The van der Waals surface area contributed by atoms with Crippen molar-refractivity contribution in [3.05, 3.63) is 53.7 Å². The number of nitrogens with one attached hydrogen (secondary N) is 2. The molecule has 43 heavy (non-hydrogen) atoms. The number of urea groups is 1. The molecule has 1 aliphatic carbocycles. The average Bonchev–Trinajstić information content (AvgIpc) is 3.73. The number of piperidine rings is 1. The first kappa shape index (κ1) is 28.1. The maximum Gasteiger partial charge on any atom is 0.324 e. The predicted octanol–water partition coefficient (Wildman–Crippen LogP) is 5.41. The number of morpholine rings is 1. The molecule has 11 nitrogen and oxygen atoms in total. The molecule has 12 heteroatoms. The number of thiazole rings is 1. The van der Waals surface area contributed by atoms with E-state index in [0.29, 0.717) is 18.3 Å². The van der Waals surface area contributed by atoms with Gasteiger partial charge in [0, 0.05) is 55.6 Å². The van der Waals surface area contributed by atoms with Crippen LogP contribution in [0.4, 0.5) is 16.4 Å². The van der Waals surface area contributed by atoms with Gasteiger partial charge in [0.1, 0.15) is 16.4 Å². The van der Waals surface area contributed by atoms with E-state index in [9.17, 15) is 4.79 Å². The highest BCUT2D eigenvalue weighted by Crippen LogP contribution is 2.32. The lowest BCUT2D eigenvalue weighted by atomic mass is 9.93. The Morgan fingerprint density at radius 2 is 1.84 bits per heavy atom. The average molecular weight is 603 g/mol. The highest BCUT2D eigenvalue weighted by molar-refractivity contribution is 7.23. The Morgan fingerprint density at radius 3 is 2.56 bits per heavy atom. The van der Waals surface area contributed by atoms with Gasteiger partial charge in [-0.25, -0.2) is 14.8 Å². The summed E-state index contributed by atoms with van der Waals surface area (Å²) in [5, 5.41) is 9.63. The van der Waals surface area contributed by atoms with Crippen LogP contribution in [0.1, 0.15) is 57.9 Å². The summed E-state index contributed by atoms with van der Waals surface area (Å²) in [4.78, 5) is 29.5. The van der Waals surface area contributed by atoms with E-state index in [1.54, 1.807) is 17.4 Å². The first-order valence-corrected chi connectivity index (χ1v) is 15.9. The van der Waals surface area contributed by atoms with Gasteiger partial charge in [0.15, 0.2) is 10.8 Å². The predicted molar refractivity (Wildman–Crippen MR) is 169 cm³/mol. The van der Waals surface area contributed by atoms with Crippen molar-refractivity contribution in [2.24, 2.45) is 0 Å². The lowest BCUT2D eigenvalue weighted by molar-refractivity contribution is 0.0115. The van der Waals surface area contributed by atoms with Gasteiger partial charge in [-0.2, -0.15) is 0 Å². The molecule has 0 spiro atoms. The number of carbonyl (C=O) groups excluding carboxylic acids is 1. The Labute approximate surface area is 254 Å². The molecule has 2 amide bonds. The number of fused-ring (bicyclic) bond motifs is 3. The first-order chi connectivity index (χ1) is 20.8. The van der Waals surface area contributed by atoms with Gasteiger partial charge in [-0.3, -0.25) is 14.6 Å². The van der Waals surface area contributed by atoms with Gasteiger partial charge in [-0.15, -0.1) is 0 Å². The highest BCUT2D eigenvalue weighted by atomic mass is 32.1. The number of amides is 2. The number of anilines is 2. The van der Waals surface area contributed by atoms with Crippen LogP contribution < -0.4 is 15.5 Å². The number of imidazole rings is 1. The van der Waals surface area contributed by atoms with E-state index in [1.165, 1.54) is 12.8 Å². The van der Waals surface area contributed by atoms with Gasteiger partial charge in [-0.05, 0) is 49.5 Å². The molecule has 0 unspecified atom stereocenters. The van der Waals surface area contributed by atoms with Crippen molar-refractivity contribution in [2.75, 3.05) is 49.6 Å². The van der Waals surface area contributed by atoms with Gasteiger partial charge < -0.3 is 19.5 Å². The third-order valence-corrected chi connectivity index (χ3v) is 9.50. The number of carbonyl (C=O) groups is 1. The Balaban J connectivity index is 0.987. The van der Waals surface area contributed by atoms with Crippen LogP contribution in [0.5, 0.6) is 0 Å². The maximum absolute atomic E-state index is 12.5. The number of hydrogen-bond acceptors (Lipinski definition) is 9. The van der Waals surface area contributed by atoms with Gasteiger partial charge in [0.05, 0.1) is 24.4 Å². The Hall–Kier alpha value is -3.74. The van der Waals surface area contributed by atoms with Crippen molar-refractivity contribution in [1.82, 2.24) is 29.7 Å². The fraction of sp³-hybridized carbons (Fsp3) is 0.484. The largest absolute Gasteiger partial charge is 0.379 e. The topological polar surface area (TPSA) is 113 Å². The molecule has 7 rings (SSSR count). The number of ether oxygens (including phenoxy) is 1. The minimum Gasteiger partial charge on any atom is -0.379 e. The van der Waals surface area contributed by atoms with Gasteiger partial charge in [0.2, 0.25) is 0 Å². The summed E-state index contributed by atoms with van der Waals surface area (Å²) in [6, 6.07) is 6.40. The van der Waals surface area contributed by atoms with Gasteiger partial charge in [0.25, 0.3) is 0 Å². The fourth-order valence-electron chi connectivity index (χ4n) is 6.05. The minimum absolute atomic E-state index is 0.176. The molecule has 2 saturated heterocycles. The summed E-state index contributed by atoms with van der Waals surface area (Å²) in [6.45, 7) is 12.0. The molecule has 0 atom stereocenters. The van der Waals surface area contributed by atoms with Crippen LogP contribution in [0, 0.1) is 0 Å². The van der Waals surface area contributed by atoms with Crippen molar-refractivity contribution in [2.45, 2.75) is 57.9 Å². The van der Waals surface area contributed by atoms with Crippen LogP contribution >= 0.6 is 11.3 Å². The smallest absolute Gasteiger partial charge is 0.324 e. The summed E-state index contributed by atoms with van der Waals surface area (Å²) in [5.41, 5.74) is 3.86. The molecule has 0 saturated carbocycles. The summed E-state index contributed by atoms with van der Waals surface area (Å²) in [7, 11) is 0. The zero-order valence-electron chi connectivity index (χ0n) is 24.9. The quantitative estimate of drug-likeness (QED) is 0.312. The molecule has 0 radical (unpaired) electrons. The van der Waals surface area contributed by atoms with E-state index < -0.39 is 0 Å². The Kier molecular flexibility index (Phi) is 7.44. The van der Waals surface area contributed by atoms with E-state index in [-0.39, 0.29) is 11.4 Å². The monoisotopic (exact) mass is 602 g/mol. The van der Waals surface area contributed by atoms with E-state index in [0.717, 1.165) is 89.7 Å². The van der Waals surface area contributed by atoms with Crippen LogP contribution in [0.15, 0.2) is 46.8 Å². The number of nitrogens with zero attached hydrogens (tertiary/aromatic N) is 6. The lowest BCUT2D eigenvalue weighted by Crippen LogP contribution is -2.49. The van der Waals surface area contributed by atoms with Crippen molar-refractivity contribution in [3.8, 4) is 0 Å². The molecule has 2 N–H and O–H groups in total. The third-order valence-electron chi connectivity index (χ3n) is 8.54. The molecule has 226 valence electrons. The van der Waals surface area contributed by atoms with Gasteiger partial charge in [-0.1, -0.05) is 43.3 Å². The lowest BCUT2D eigenvalue weighted by Gasteiger charge is -2.40. The minimum atomic E-state index is -0.334. The molecular weight excluding hydrogens is 564 g/mol. The van der Waals surface area contributed by atoms with E-state index in [4.69, 9.17) is 19.2 Å². The standard InChI is InChI=1S/C31H38N8O3S/c1-31(2,3)25-18-26(36-42-25)34-29(40)32-21-6-4-20(5-7-21)23-19-39-24-8-9-27(35-28(24)43-30(39)33-23)38-12-10-22(11-13-38)37-14-16-41-17-15-37/h4,6,8-9,18-19,22H,5,7,10-17H2,1-3H3,(H2,32,34,36,40). The molecule has 3 aliphatic rings. The van der Waals surface area contributed by atoms with Crippen LogP contribution in [0.25, 0.3) is 20.9 Å². The molecule has 4 aromatic heterocycles. The summed E-state index contributed by atoms with van der Waals surface area (Å²) < 4.78 is 13.0. The van der Waals surface area contributed by atoms with E-state index >= 15 is 0 Å². The van der Waals surface area contributed by atoms with Crippen LogP contribution in [0.2, 0.25) is 0 Å². The fourth-order valence-corrected chi connectivity index (χ4v) is 7.02. The molecular formula is C31H38N8O3S. The second-order valence-electron chi connectivity index (χ2n) is 12.5. The van der Waals surface area contributed by atoms with Crippen molar-refractivity contribution < 1.29 is 14.1 Å². The number of hydrogen-bond donors (Lipinski definition) is 2. The van der Waals surface area contributed by atoms with Crippen molar-refractivity contribution in [3.63, 3.8) is 0 Å². The molecule has 2 fully saturated rings. The summed E-state index contributed by atoms with van der Waals surface area (Å²) in [6.07, 6.45) is 9.93. The molecule has 0 bridgehead atoms. The van der Waals surface area contributed by atoms with E-state index in [2.05, 4.69) is 48.3 Å². The first-order valence-electron chi connectivity index (χ1n) is 15.1. The number of aromatic nitrogens is 4. The van der Waals surface area contributed by atoms with Crippen LogP contribution in [-0.2, 0) is 10.2 Å². The zero-order chi connectivity index (χ0) is 29.6. The normalized spacial score (nSPS) is 19.1. The number of pyridine rings is 1. The SMILES string of the molecule is CC(C)(C)c1cc(NC(=O)NC2=CC=C(c3cn4c(n3)sc3nc(N5CCC(N6CCOCC6)CC5)ccc34)CC2)no1. The van der Waals surface area contributed by atoms with Crippen LogP contribution in [0.3, 0.4) is 0 Å². The number of rotatable bonds is 5. The summed E-state index contributed by atoms with van der Waals surface area (Å²) in [5.74, 6) is 2.17. The third kappa shape index (κ3) is 5.91. The molecule has 0 aromatic carbocycles. The number of allylic oxidation sites excluding steroid dienone is 4. The second kappa shape index (κ2) is 11.4. The van der Waals surface area contributed by atoms with Gasteiger partial charge >= 0.3 is 6.03 Å². The molecule has 6 heterocycles. The Bertz CT molecular complexity index is 1700.